The molecule has 28 heavy (non-hydrogen) atoms. The van der Waals surface area contributed by atoms with Crippen LogP contribution >= 0.6 is 0 Å². The van der Waals surface area contributed by atoms with Crippen LogP contribution < -0.4 is 4.74 Å². The third-order valence-electron chi connectivity index (χ3n) is 5.07. The molecule has 0 radical (unpaired) electrons. The molecule has 5 nitrogen and oxygen atoms in total. The molecule has 1 saturated carbocycles. The third kappa shape index (κ3) is 5.56. The van der Waals surface area contributed by atoms with Crippen molar-refractivity contribution in [3.05, 3.63) is 53.3 Å². The maximum atomic E-state index is 11.7. The number of carbonyl (C=O) groups is 1. The fourth-order valence-corrected chi connectivity index (χ4v) is 2.85. The predicted molar refractivity (Wildman–Crippen MR) is 109 cm³/mol. The summed E-state index contributed by atoms with van der Waals surface area (Å²) in [4.78, 5) is 21.8. The first kappa shape index (κ1) is 19.9. The lowest BCUT2D eigenvalue weighted by molar-refractivity contribution is -0.128. The Labute approximate surface area is 167 Å². The van der Waals surface area contributed by atoms with E-state index in [1.54, 1.807) is 31.4 Å². The summed E-state index contributed by atoms with van der Waals surface area (Å²) in [7, 11) is 3.58. The Morgan fingerprint density at radius 2 is 1.79 bits per heavy atom. The maximum Gasteiger partial charge on any atom is 0.316 e. The minimum atomic E-state index is 0.167. The van der Waals surface area contributed by atoms with Gasteiger partial charge in [-0.25, -0.2) is 9.97 Å². The number of aromatic nitrogens is 2. The van der Waals surface area contributed by atoms with E-state index in [1.165, 1.54) is 12.0 Å². The van der Waals surface area contributed by atoms with E-state index in [-0.39, 0.29) is 12.0 Å². The molecule has 0 aliphatic heterocycles. The maximum absolute atomic E-state index is 11.7. The summed E-state index contributed by atoms with van der Waals surface area (Å²) in [5.74, 6) is 6.74. The number of ether oxygens (including phenoxy) is 1. The predicted octanol–water partition coefficient (Wildman–Crippen LogP) is 3.78. The van der Waals surface area contributed by atoms with Gasteiger partial charge >= 0.3 is 6.01 Å². The zero-order chi connectivity index (χ0) is 19.9. The summed E-state index contributed by atoms with van der Waals surface area (Å²) >= 11 is 0. The highest BCUT2D eigenvalue weighted by Crippen LogP contribution is 2.23. The number of benzene rings is 1. The summed E-state index contributed by atoms with van der Waals surface area (Å²) in [6.45, 7) is 2.15. The van der Waals surface area contributed by atoms with Crippen LogP contribution in [0.1, 0.15) is 61.6 Å². The van der Waals surface area contributed by atoms with E-state index in [2.05, 4.69) is 40.9 Å². The molecule has 1 amide bonds. The summed E-state index contributed by atoms with van der Waals surface area (Å²) in [5, 5.41) is 0. The minimum absolute atomic E-state index is 0.167. The van der Waals surface area contributed by atoms with Gasteiger partial charge in [-0.2, -0.15) is 0 Å². The van der Waals surface area contributed by atoms with Crippen LogP contribution in [0.3, 0.4) is 0 Å². The Morgan fingerprint density at radius 1 is 1.14 bits per heavy atom. The number of carbonyl (C=O) groups excluding carboxylic acids is 1. The smallest absolute Gasteiger partial charge is 0.316 e. The van der Waals surface area contributed by atoms with Crippen molar-refractivity contribution >= 4 is 5.91 Å². The summed E-state index contributed by atoms with van der Waals surface area (Å²) in [5.41, 5.74) is 2.92. The Bertz CT molecular complexity index is 844. The number of rotatable bonds is 6. The van der Waals surface area contributed by atoms with Crippen LogP contribution in [0.5, 0.6) is 6.01 Å². The Balaban J connectivity index is 1.54. The van der Waals surface area contributed by atoms with Gasteiger partial charge in [-0.3, -0.25) is 4.79 Å². The molecule has 0 N–H and O–H groups in total. The fraction of sp³-hybridized carbons (Fsp3) is 0.435. The molecule has 1 unspecified atom stereocenters. The van der Waals surface area contributed by atoms with Crippen molar-refractivity contribution in [2.24, 2.45) is 0 Å². The first-order chi connectivity index (χ1) is 13.5. The van der Waals surface area contributed by atoms with Crippen molar-refractivity contribution in [2.45, 2.75) is 51.0 Å². The molecule has 0 spiro atoms. The summed E-state index contributed by atoms with van der Waals surface area (Å²) in [6.07, 6.45) is 8.49. The minimum Gasteiger partial charge on any atom is -0.460 e. The number of nitrogens with zero attached hydrogens (tertiary/aromatic N) is 3. The van der Waals surface area contributed by atoms with Gasteiger partial charge in [-0.15, -0.1) is 0 Å². The van der Waals surface area contributed by atoms with Gasteiger partial charge in [0.1, 0.15) is 6.10 Å². The molecule has 0 saturated heterocycles. The topological polar surface area (TPSA) is 55.3 Å². The van der Waals surface area contributed by atoms with Crippen molar-refractivity contribution in [1.29, 1.82) is 0 Å². The van der Waals surface area contributed by atoms with Gasteiger partial charge < -0.3 is 9.64 Å². The molecule has 1 fully saturated rings. The molecule has 1 aliphatic carbocycles. The monoisotopic (exact) mass is 377 g/mol. The van der Waals surface area contributed by atoms with E-state index in [4.69, 9.17) is 4.74 Å². The number of hydrogen-bond acceptors (Lipinski definition) is 4. The van der Waals surface area contributed by atoms with Gasteiger partial charge in [-0.05, 0) is 49.3 Å². The molecule has 0 bridgehead atoms. The molecule has 1 aromatic carbocycles. The molecule has 1 aliphatic rings. The quantitative estimate of drug-likeness (QED) is 0.719. The molecule has 146 valence electrons. The van der Waals surface area contributed by atoms with Gasteiger partial charge in [-0.1, -0.05) is 30.9 Å². The lowest BCUT2D eigenvalue weighted by Crippen LogP contribution is -2.25. The van der Waals surface area contributed by atoms with E-state index in [0.29, 0.717) is 18.3 Å². The molecule has 1 heterocycles. The molecule has 1 atom stereocenters. The lowest BCUT2D eigenvalue weighted by atomic mass is 9.95. The Kier molecular flexibility index (Phi) is 6.65. The summed E-state index contributed by atoms with van der Waals surface area (Å²) < 4.78 is 5.66. The largest absolute Gasteiger partial charge is 0.460 e. The van der Waals surface area contributed by atoms with Crippen LogP contribution in [0.2, 0.25) is 0 Å². The van der Waals surface area contributed by atoms with Crippen molar-refractivity contribution in [2.75, 3.05) is 14.1 Å². The highest BCUT2D eigenvalue weighted by atomic mass is 16.5. The molecular formula is C23H27N3O2. The first-order valence-electron chi connectivity index (χ1n) is 9.82. The van der Waals surface area contributed by atoms with Gasteiger partial charge in [0.15, 0.2) is 0 Å². The van der Waals surface area contributed by atoms with Crippen LogP contribution in [0, 0.1) is 11.8 Å². The van der Waals surface area contributed by atoms with Gasteiger partial charge in [0, 0.05) is 38.5 Å². The van der Waals surface area contributed by atoms with Crippen LogP contribution in [0.4, 0.5) is 0 Å². The average molecular weight is 377 g/mol. The van der Waals surface area contributed by atoms with Gasteiger partial charge in [0.25, 0.3) is 0 Å². The first-order valence-corrected chi connectivity index (χ1v) is 9.82. The van der Waals surface area contributed by atoms with Crippen molar-refractivity contribution in [1.82, 2.24) is 14.9 Å². The third-order valence-corrected chi connectivity index (χ3v) is 5.07. The van der Waals surface area contributed by atoms with Gasteiger partial charge in [0.2, 0.25) is 5.91 Å². The van der Waals surface area contributed by atoms with Crippen LogP contribution in [-0.2, 0) is 4.79 Å². The lowest BCUT2D eigenvalue weighted by Gasteiger charge is -2.24. The molecule has 1 aromatic heterocycles. The second kappa shape index (κ2) is 9.36. The fourth-order valence-electron chi connectivity index (χ4n) is 2.85. The number of hydrogen-bond donors (Lipinski definition) is 0. The van der Waals surface area contributed by atoms with Crippen LogP contribution in [0.15, 0.2) is 36.7 Å². The van der Waals surface area contributed by atoms with E-state index >= 15 is 0 Å². The number of amides is 1. The SMILES string of the molecule is CC(CCC(=O)N(C)C)c1ccc(C#Cc2cnc(OC3CCC3)nc2)cc1. The highest BCUT2D eigenvalue weighted by Gasteiger charge is 2.19. The van der Waals surface area contributed by atoms with Gasteiger partial charge in [0.05, 0.1) is 5.56 Å². The normalized spacial score (nSPS) is 14.4. The van der Waals surface area contributed by atoms with Crippen molar-refractivity contribution in [3.8, 4) is 17.9 Å². The second-order valence-electron chi connectivity index (χ2n) is 7.52. The Morgan fingerprint density at radius 3 is 2.36 bits per heavy atom. The molecule has 5 heteroatoms. The van der Waals surface area contributed by atoms with E-state index in [9.17, 15) is 4.79 Å². The standard InChI is InChI=1S/C23H27N3O2/c1-17(7-14-22(27)26(2)3)20-12-10-18(11-13-20)8-9-19-15-24-23(25-16-19)28-21-5-4-6-21/h10-13,15-17,21H,4-7,14H2,1-3H3. The Hall–Kier alpha value is -2.87. The van der Waals surface area contributed by atoms with E-state index in [1.807, 2.05) is 12.1 Å². The van der Waals surface area contributed by atoms with E-state index < -0.39 is 0 Å². The summed E-state index contributed by atoms with van der Waals surface area (Å²) in [6, 6.07) is 8.63. The van der Waals surface area contributed by atoms with E-state index in [0.717, 1.165) is 30.4 Å². The second-order valence-corrected chi connectivity index (χ2v) is 7.52. The average Bonchev–Trinajstić information content (AvgIpc) is 2.68. The molecular weight excluding hydrogens is 350 g/mol. The zero-order valence-electron chi connectivity index (χ0n) is 16.8. The highest BCUT2D eigenvalue weighted by molar-refractivity contribution is 5.75. The van der Waals surface area contributed by atoms with Crippen LogP contribution in [-0.4, -0.2) is 41.0 Å². The van der Waals surface area contributed by atoms with Crippen molar-refractivity contribution < 1.29 is 9.53 Å². The van der Waals surface area contributed by atoms with Crippen LogP contribution in [0.25, 0.3) is 0 Å². The molecule has 2 aromatic rings. The molecule has 3 rings (SSSR count). The van der Waals surface area contributed by atoms with Crippen molar-refractivity contribution in [3.63, 3.8) is 0 Å². The zero-order valence-corrected chi connectivity index (χ0v) is 16.8.